The van der Waals surface area contributed by atoms with Gasteiger partial charge in [0.05, 0.1) is 12.3 Å². The van der Waals surface area contributed by atoms with Crippen molar-refractivity contribution in [3.8, 4) is 0 Å². The molecule has 0 unspecified atom stereocenters. The fourth-order valence-electron chi connectivity index (χ4n) is 8.32. The average Bonchev–Trinajstić information content (AvgIpc) is 3.05. The van der Waals surface area contributed by atoms with E-state index in [0.29, 0.717) is 24.0 Å². The molecule has 4 rings (SSSR count). The van der Waals surface area contributed by atoms with Crippen molar-refractivity contribution in [3.05, 3.63) is 11.6 Å². The molecule has 4 aliphatic rings. The monoisotopic (exact) mass is 518 g/mol. The number of ether oxygens (including phenoxy) is 3. The van der Waals surface area contributed by atoms with Crippen LogP contribution in [0.2, 0.25) is 0 Å². The zero-order valence-electron chi connectivity index (χ0n) is 23.0. The van der Waals surface area contributed by atoms with Gasteiger partial charge in [-0.15, -0.1) is 0 Å². The van der Waals surface area contributed by atoms with Gasteiger partial charge in [0, 0.05) is 25.7 Å². The molecule has 3 fully saturated rings. The number of hydrogen-bond donors (Lipinski definition) is 2. The minimum atomic E-state index is -1.52. The first-order chi connectivity index (χ1) is 17.4. The second kappa shape index (κ2) is 10.0. The molecule has 9 nitrogen and oxygen atoms in total. The van der Waals surface area contributed by atoms with Crippen molar-refractivity contribution >= 4 is 23.7 Å². The lowest BCUT2D eigenvalue weighted by atomic mass is 9.46. The topological polar surface area (TPSA) is 124 Å². The summed E-state index contributed by atoms with van der Waals surface area (Å²) in [6.45, 7) is 10.8. The minimum Gasteiger partial charge on any atom is -0.462 e. The largest absolute Gasteiger partial charge is 0.462 e. The molecule has 0 aliphatic heterocycles. The van der Waals surface area contributed by atoms with Crippen LogP contribution in [0.25, 0.3) is 0 Å². The van der Waals surface area contributed by atoms with Crippen molar-refractivity contribution in [1.29, 1.82) is 0 Å². The maximum Gasteiger partial charge on any atom is 0.427 e. The predicted octanol–water partition coefficient (Wildman–Crippen LogP) is 4.28. The van der Waals surface area contributed by atoms with Gasteiger partial charge in [0.1, 0.15) is 17.8 Å². The Morgan fingerprint density at radius 2 is 1.78 bits per heavy atom. The van der Waals surface area contributed by atoms with Crippen molar-refractivity contribution in [2.75, 3.05) is 6.61 Å². The number of fused-ring (bicyclic) bond motifs is 5. The number of hydrogen-bond acceptors (Lipinski definition) is 8. The minimum absolute atomic E-state index is 0.0210. The number of esters is 2. The molecule has 4 aliphatic carbocycles. The van der Waals surface area contributed by atoms with Crippen LogP contribution >= 0.6 is 0 Å². The van der Waals surface area contributed by atoms with E-state index >= 15 is 0 Å². The van der Waals surface area contributed by atoms with Crippen molar-refractivity contribution < 1.29 is 33.7 Å². The second-order valence-electron chi connectivity index (χ2n) is 11.8. The van der Waals surface area contributed by atoms with E-state index in [1.165, 1.54) is 19.4 Å². The SMILES string of the molecule is CCOC(=O)N/N=C(\C)[C@@]1(O)[C@H](OC(C)=O)C[C@@H]2[C@@H]3CC=C4C[C@H](OC(C)=O)CC[C@]4(C)[C@H]3CC[C@@]21C. The quantitative estimate of drug-likeness (QED) is 0.183. The molecule has 9 heteroatoms. The van der Waals surface area contributed by atoms with Gasteiger partial charge in [-0.1, -0.05) is 25.5 Å². The van der Waals surface area contributed by atoms with Crippen LogP contribution in [0.15, 0.2) is 16.8 Å². The Hall–Kier alpha value is -2.42. The number of aliphatic hydroxyl groups is 1. The number of carbonyl (C=O) groups excluding carboxylic acids is 3. The van der Waals surface area contributed by atoms with E-state index in [1.54, 1.807) is 13.8 Å². The lowest BCUT2D eigenvalue weighted by Gasteiger charge is -2.58. The number of nitrogens with one attached hydrogen (secondary N) is 1. The first kappa shape index (κ1) is 27.6. The maximum atomic E-state index is 12.3. The third-order valence-electron chi connectivity index (χ3n) is 10.0. The van der Waals surface area contributed by atoms with E-state index < -0.39 is 29.2 Å². The Morgan fingerprint density at radius 1 is 1.08 bits per heavy atom. The summed E-state index contributed by atoms with van der Waals surface area (Å²) < 4.78 is 16.2. The van der Waals surface area contributed by atoms with Gasteiger partial charge in [0.15, 0.2) is 0 Å². The van der Waals surface area contributed by atoms with E-state index in [0.717, 1.165) is 38.5 Å². The Kier molecular flexibility index (Phi) is 7.49. The highest BCUT2D eigenvalue weighted by Crippen LogP contribution is 2.67. The predicted molar refractivity (Wildman–Crippen MR) is 136 cm³/mol. The Balaban J connectivity index is 1.65. The van der Waals surface area contributed by atoms with Crippen LogP contribution in [0, 0.1) is 28.6 Å². The fraction of sp³-hybridized carbons (Fsp3) is 0.786. The van der Waals surface area contributed by atoms with Crippen LogP contribution in [0.4, 0.5) is 4.79 Å². The standard InChI is InChI=1S/C28H42N2O7/c1-7-35-25(33)30-29-16(2)28(34)24(37-18(4)32)15-23-21-9-8-19-14-20(36-17(3)31)10-12-26(19,5)22(21)11-13-27(23,28)6/h8,20-24,34H,7,9-15H2,1-6H3,(H,30,33)/b29-16+/t20-,21-,22+,23-,24-,26+,27+,28-/m1/s1. The van der Waals surface area contributed by atoms with Gasteiger partial charge < -0.3 is 19.3 Å². The Bertz CT molecular complexity index is 1010. The zero-order valence-corrected chi connectivity index (χ0v) is 23.0. The summed E-state index contributed by atoms with van der Waals surface area (Å²) in [6.07, 6.45) is 6.51. The molecule has 37 heavy (non-hydrogen) atoms. The van der Waals surface area contributed by atoms with Crippen molar-refractivity contribution in [1.82, 2.24) is 5.43 Å². The molecule has 0 aromatic carbocycles. The molecule has 0 aromatic heterocycles. The van der Waals surface area contributed by atoms with Crippen molar-refractivity contribution in [3.63, 3.8) is 0 Å². The van der Waals surface area contributed by atoms with E-state index in [9.17, 15) is 19.5 Å². The van der Waals surface area contributed by atoms with Crippen LogP contribution in [-0.2, 0) is 23.8 Å². The summed E-state index contributed by atoms with van der Waals surface area (Å²) >= 11 is 0. The molecule has 2 N–H and O–H groups in total. The number of hydrazone groups is 1. The first-order valence-corrected chi connectivity index (χ1v) is 13.6. The molecule has 0 radical (unpaired) electrons. The molecule has 3 saturated carbocycles. The summed E-state index contributed by atoms with van der Waals surface area (Å²) in [5.74, 6) is 0.173. The normalized spacial score (nSPS) is 40.9. The fourth-order valence-corrected chi connectivity index (χ4v) is 8.32. The van der Waals surface area contributed by atoms with E-state index in [4.69, 9.17) is 14.2 Å². The van der Waals surface area contributed by atoms with E-state index in [2.05, 4.69) is 30.5 Å². The number of carbonyl (C=O) groups is 3. The lowest BCUT2D eigenvalue weighted by molar-refractivity contribution is -0.161. The second-order valence-corrected chi connectivity index (χ2v) is 11.8. The molecule has 1 amide bonds. The van der Waals surface area contributed by atoms with Gasteiger partial charge in [0.25, 0.3) is 0 Å². The molecular weight excluding hydrogens is 476 g/mol. The first-order valence-electron chi connectivity index (χ1n) is 13.6. The van der Waals surface area contributed by atoms with E-state index in [-0.39, 0.29) is 30.0 Å². The molecule has 8 atom stereocenters. The Labute approximate surface area is 219 Å². The van der Waals surface area contributed by atoms with Gasteiger partial charge in [-0.2, -0.15) is 5.10 Å². The van der Waals surface area contributed by atoms with Crippen LogP contribution in [0.5, 0.6) is 0 Å². The van der Waals surface area contributed by atoms with Gasteiger partial charge in [-0.25, -0.2) is 10.2 Å². The van der Waals surface area contributed by atoms with Crippen LogP contribution < -0.4 is 5.43 Å². The smallest absolute Gasteiger partial charge is 0.427 e. The number of rotatable bonds is 5. The third-order valence-corrected chi connectivity index (χ3v) is 10.0. The van der Waals surface area contributed by atoms with Crippen LogP contribution in [0.3, 0.4) is 0 Å². The van der Waals surface area contributed by atoms with Gasteiger partial charge in [-0.3, -0.25) is 9.59 Å². The Morgan fingerprint density at radius 3 is 2.43 bits per heavy atom. The highest BCUT2D eigenvalue weighted by Gasteiger charge is 2.69. The summed E-state index contributed by atoms with van der Waals surface area (Å²) in [4.78, 5) is 35.5. The lowest BCUT2D eigenvalue weighted by Crippen LogP contribution is -2.60. The number of amides is 1. The molecule has 0 spiro atoms. The number of allylic oxidation sites excluding steroid dienone is 1. The zero-order chi connectivity index (χ0) is 27.2. The van der Waals surface area contributed by atoms with Crippen molar-refractivity contribution in [2.24, 2.45) is 33.7 Å². The molecule has 0 heterocycles. The molecular formula is C28H42N2O7. The summed E-state index contributed by atoms with van der Waals surface area (Å²) in [5, 5.41) is 16.5. The average molecular weight is 519 g/mol. The van der Waals surface area contributed by atoms with Crippen molar-refractivity contribution in [2.45, 2.75) is 104 Å². The van der Waals surface area contributed by atoms with Gasteiger partial charge in [-0.05, 0) is 75.5 Å². The number of nitrogens with zero attached hydrogens (tertiary/aromatic N) is 1. The summed E-state index contributed by atoms with van der Waals surface area (Å²) in [5.41, 5.74) is 1.98. The van der Waals surface area contributed by atoms with Gasteiger partial charge in [0.2, 0.25) is 0 Å². The van der Waals surface area contributed by atoms with Crippen LogP contribution in [0.1, 0.15) is 86.5 Å². The molecule has 0 bridgehead atoms. The molecule has 206 valence electrons. The highest BCUT2D eigenvalue weighted by molar-refractivity contribution is 5.93. The molecule has 0 aromatic rings. The van der Waals surface area contributed by atoms with E-state index in [1.807, 2.05) is 0 Å². The highest BCUT2D eigenvalue weighted by atomic mass is 16.6. The van der Waals surface area contributed by atoms with Crippen LogP contribution in [-0.4, -0.2) is 53.3 Å². The third kappa shape index (κ3) is 4.57. The van der Waals surface area contributed by atoms with Gasteiger partial charge >= 0.3 is 18.0 Å². The summed E-state index contributed by atoms with van der Waals surface area (Å²) in [7, 11) is 0. The summed E-state index contributed by atoms with van der Waals surface area (Å²) in [6, 6.07) is 0. The molecule has 0 saturated heterocycles. The maximum absolute atomic E-state index is 12.3.